The van der Waals surface area contributed by atoms with E-state index in [1.807, 2.05) is 50.8 Å². The van der Waals surface area contributed by atoms with Gasteiger partial charge in [0.1, 0.15) is 18.1 Å². The van der Waals surface area contributed by atoms with E-state index in [1.165, 1.54) is 16.4 Å². The van der Waals surface area contributed by atoms with Gasteiger partial charge in [0.2, 0.25) is 11.1 Å². The first-order valence-electron chi connectivity index (χ1n) is 8.73. The molecule has 2 rings (SSSR count). The highest BCUT2D eigenvalue weighted by Gasteiger charge is 2.21. The fraction of sp³-hybridized carbons (Fsp3) is 0.500. The minimum Gasteiger partial charge on any atom is -0.497 e. The Morgan fingerprint density at radius 2 is 1.89 bits per heavy atom. The van der Waals surface area contributed by atoms with Gasteiger partial charge < -0.3 is 20.2 Å². The molecule has 0 saturated heterocycles. The number of rotatable bonds is 9. The van der Waals surface area contributed by atoms with Crippen LogP contribution in [0.25, 0.3) is 0 Å². The Morgan fingerprint density at radius 3 is 2.52 bits per heavy atom. The molecule has 8 nitrogen and oxygen atoms in total. The Hall–Kier alpha value is -2.42. The van der Waals surface area contributed by atoms with Crippen molar-refractivity contribution in [2.75, 3.05) is 18.7 Å². The first-order chi connectivity index (χ1) is 12.8. The predicted octanol–water partition coefficient (Wildman–Crippen LogP) is 2.32. The third kappa shape index (κ3) is 5.53. The molecule has 0 bridgehead atoms. The molecule has 0 atom stereocenters. The average Bonchev–Trinajstić information content (AvgIpc) is 2.97. The summed E-state index contributed by atoms with van der Waals surface area (Å²) in [7, 11) is 1.60. The van der Waals surface area contributed by atoms with Crippen LogP contribution < -0.4 is 15.3 Å². The summed E-state index contributed by atoms with van der Waals surface area (Å²) in [4.78, 5) is 14.3. The van der Waals surface area contributed by atoms with Crippen molar-refractivity contribution in [1.29, 1.82) is 0 Å². The van der Waals surface area contributed by atoms with Gasteiger partial charge in [-0.05, 0) is 39.8 Å². The van der Waals surface area contributed by atoms with E-state index >= 15 is 0 Å². The number of hydrogen-bond donors (Lipinski definition) is 1. The summed E-state index contributed by atoms with van der Waals surface area (Å²) in [6, 6.07) is 7.55. The Morgan fingerprint density at radius 1 is 1.22 bits per heavy atom. The zero-order chi connectivity index (χ0) is 20.0. The Labute approximate surface area is 164 Å². The molecule has 148 valence electrons. The molecule has 1 amide bonds. The van der Waals surface area contributed by atoms with Crippen molar-refractivity contribution in [3.63, 3.8) is 0 Å². The van der Waals surface area contributed by atoms with Crippen LogP contribution in [0.1, 0.15) is 33.5 Å². The molecule has 2 N–H and O–H groups in total. The third-order valence-electron chi connectivity index (χ3n) is 3.87. The van der Waals surface area contributed by atoms with Crippen molar-refractivity contribution in [1.82, 2.24) is 19.8 Å². The van der Waals surface area contributed by atoms with Gasteiger partial charge in [-0.1, -0.05) is 17.8 Å². The molecule has 1 aromatic carbocycles. The molecule has 9 heteroatoms. The number of nitrogens with zero attached hydrogens (tertiary/aromatic N) is 4. The number of carbonyl (C=O) groups excluding carboxylic acids is 1. The standard InChI is InChI=1S/C18H27N5O3S/c1-12(2)22(13(3)4)17(24)11-27-18-21-20-16(23(18)19)10-26-15-8-6-7-14(9-15)25-5/h6-9,12-13H,10-11,19H2,1-5H3. The van der Waals surface area contributed by atoms with Crippen molar-refractivity contribution >= 4 is 17.7 Å². The van der Waals surface area contributed by atoms with Crippen LogP contribution >= 0.6 is 11.8 Å². The second kappa shape index (κ2) is 9.50. The molecule has 1 heterocycles. The van der Waals surface area contributed by atoms with E-state index in [1.54, 1.807) is 13.2 Å². The van der Waals surface area contributed by atoms with Crippen LogP contribution in [0.15, 0.2) is 29.4 Å². The number of carbonyl (C=O) groups is 1. The molecule has 0 aliphatic carbocycles. The van der Waals surface area contributed by atoms with Gasteiger partial charge in [0.25, 0.3) is 0 Å². The van der Waals surface area contributed by atoms with Crippen LogP contribution in [-0.4, -0.2) is 50.6 Å². The lowest BCUT2D eigenvalue weighted by atomic mass is 10.2. The topological polar surface area (TPSA) is 95.5 Å². The van der Waals surface area contributed by atoms with E-state index in [0.717, 1.165) is 0 Å². The molecule has 0 aliphatic heterocycles. The second-order valence-electron chi connectivity index (χ2n) is 6.51. The second-order valence-corrected chi connectivity index (χ2v) is 7.46. The normalized spacial score (nSPS) is 11.1. The van der Waals surface area contributed by atoms with E-state index in [4.69, 9.17) is 15.3 Å². The number of hydrogen-bond acceptors (Lipinski definition) is 7. The van der Waals surface area contributed by atoms with Gasteiger partial charge in [0, 0.05) is 18.2 Å². The maximum atomic E-state index is 12.5. The number of nitrogens with two attached hydrogens (primary N) is 1. The first-order valence-corrected chi connectivity index (χ1v) is 9.72. The molecular formula is C18H27N5O3S. The minimum atomic E-state index is 0.0437. The summed E-state index contributed by atoms with van der Waals surface area (Å²) in [6.45, 7) is 8.17. The number of nitrogen functional groups attached to an aromatic ring is 1. The van der Waals surface area contributed by atoms with Crippen LogP contribution in [0, 0.1) is 0 Å². The number of methoxy groups -OCH3 is 1. The van der Waals surface area contributed by atoms with Gasteiger partial charge in [-0.15, -0.1) is 10.2 Å². The summed E-state index contributed by atoms with van der Waals surface area (Å²) >= 11 is 1.26. The number of ether oxygens (including phenoxy) is 2. The largest absolute Gasteiger partial charge is 0.497 e. The number of thioether (sulfide) groups is 1. The maximum absolute atomic E-state index is 12.5. The Bertz CT molecular complexity index is 755. The van der Waals surface area contributed by atoms with Crippen LogP contribution in [0.3, 0.4) is 0 Å². The molecule has 0 fully saturated rings. The van der Waals surface area contributed by atoms with Gasteiger partial charge >= 0.3 is 0 Å². The Kier molecular flexibility index (Phi) is 7.35. The lowest BCUT2D eigenvalue weighted by Crippen LogP contribution is -2.43. The number of amides is 1. The predicted molar refractivity (Wildman–Crippen MR) is 105 cm³/mol. The van der Waals surface area contributed by atoms with Crippen LogP contribution in [0.4, 0.5) is 0 Å². The molecule has 0 radical (unpaired) electrons. The van der Waals surface area contributed by atoms with Crippen LogP contribution in [-0.2, 0) is 11.4 Å². The highest BCUT2D eigenvalue weighted by Crippen LogP contribution is 2.21. The highest BCUT2D eigenvalue weighted by atomic mass is 32.2. The summed E-state index contributed by atoms with van der Waals surface area (Å²) in [5, 5.41) is 8.58. The van der Waals surface area contributed by atoms with E-state index in [9.17, 15) is 4.79 Å². The molecular weight excluding hydrogens is 366 g/mol. The highest BCUT2D eigenvalue weighted by molar-refractivity contribution is 7.99. The van der Waals surface area contributed by atoms with E-state index in [0.29, 0.717) is 22.5 Å². The first kappa shape index (κ1) is 20.9. The molecule has 0 unspecified atom stereocenters. The van der Waals surface area contributed by atoms with Gasteiger partial charge in [-0.3, -0.25) is 4.79 Å². The van der Waals surface area contributed by atoms with Gasteiger partial charge in [0.15, 0.2) is 5.82 Å². The summed E-state index contributed by atoms with van der Waals surface area (Å²) < 4.78 is 12.2. The SMILES string of the molecule is COc1cccc(OCc2nnc(SCC(=O)N(C(C)C)C(C)C)n2N)c1. The van der Waals surface area contributed by atoms with Crippen molar-refractivity contribution in [3.8, 4) is 11.5 Å². The van der Waals surface area contributed by atoms with Gasteiger partial charge in [-0.2, -0.15) is 0 Å². The molecule has 0 aliphatic rings. The minimum absolute atomic E-state index is 0.0437. The average molecular weight is 394 g/mol. The maximum Gasteiger partial charge on any atom is 0.233 e. The van der Waals surface area contributed by atoms with Crippen molar-refractivity contribution in [3.05, 3.63) is 30.1 Å². The van der Waals surface area contributed by atoms with Crippen LogP contribution in [0.5, 0.6) is 11.5 Å². The fourth-order valence-electron chi connectivity index (χ4n) is 2.72. The molecule has 2 aromatic rings. The monoisotopic (exact) mass is 393 g/mol. The van der Waals surface area contributed by atoms with Gasteiger partial charge in [-0.25, -0.2) is 4.68 Å². The van der Waals surface area contributed by atoms with E-state index < -0.39 is 0 Å². The van der Waals surface area contributed by atoms with Crippen molar-refractivity contribution in [2.45, 2.75) is 51.5 Å². The lowest BCUT2D eigenvalue weighted by Gasteiger charge is -2.30. The number of aromatic nitrogens is 3. The third-order valence-corrected chi connectivity index (χ3v) is 4.80. The lowest BCUT2D eigenvalue weighted by molar-refractivity contribution is -0.131. The van der Waals surface area contributed by atoms with Crippen molar-refractivity contribution < 1.29 is 14.3 Å². The fourth-order valence-corrected chi connectivity index (χ4v) is 3.46. The van der Waals surface area contributed by atoms with Crippen LogP contribution in [0.2, 0.25) is 0 Å². The summed E-state index contributed by atoms with van der Waals surface area (Å²) in [5.41, 5.74) is 0. The number of benzene rings is 1. The zero-order valence-corrected chi connectivity index (χ0v) is 17.2. The zero-order valence-electron chi connectivity index (χ0n) is 16.4. The van der Waals surface area contributed by atoms with E-state index in [-0.39, 0.29) is 30.4 Å². The summed E-state index contributed by atoms with van der Waals surface area (Å²) in [5.74, 6) is 8.16. The molecule has 0 saturated carbocycles. The molecule has 27 heavy (non-hydrogen) atoms. The van der Waals surface area contributed by atoms with E-state index in [2.05, 4.69) is 10.2 Å². The Balaban J connectivity index is 1.95. The quantitative estimate of drug-likeness (QED) is 0.516. The summed E-state index contributed by atoms with van der Waals surface area (Å²) in [6.07, 6.45) is 0. The molecule has 1 aromatic heterocycles. The van der Waals surface area contributed by atoms with Crippen molar-refractivity contribution in [2.24, 2.45) is 0 Å². The smallest absolute Gasteiger partial charge is 0.233 e. The van der Waals surface area contributed by atoms with Gasteiger partial charge in [0.05, 0.1) is 12.9 Å². The molecule has 0 spiro atoms.